The van der Waals surface area contributed by atoms with Crippen molar-refractivity contribution in [1.29, 1.82) is 0 Å². The van der Waals surface area contributed by atoms with Crippen LogP contribution in [0.25, 0.3) is 0 Å². The van der Waals surface area contributed by atoms with Crippen molar-refractivity contribution in [1.82, 2.24) is 5.32 Å². The highest BCUT2D eigenvalue weighted by Gasteiger charge is 2.03. The van der Waals surface area contributed by atoms with Gasteiger partial charge in [0.15, 0.2) is 0 Å². The molecular formula is C15H24ClNOS. The molecule has 0 aliphatic rings. The van der Waals surface area contributed by atoms with E-state index in [1.807, 2.05) is 11.8 Å². The molecule has 0 bridgehead atoms. The summed E-state index contributed by atoms with van der Waals surface area (Å²) >= 11 is 8.18. The van der Waals surface area contributed by atoms with E-state index in [0.29, 0.717) is 0 Å². The minimum Gasteiger partial charge on any atom is -0.383 e. The monoisotopic (exact) mass is 301 g/mol. The first-order chi connectivity index (χ1) is 9.13. The molecule has 0 aliphatic carbocycles. The number of nitrogens with one attached hydrogen (secondary N) is 1. The van der Waals surface area contributed by atoms with Crippen LogP contribution in [0.4, 0.5) is 0 Å². The van der Waals surface area contributed by atoms with E-state index in [2.05, 4.69) is 37.4 Å². The van der Waals surface area contributed by atoms with Gasteiger partial charge < -0.3 is 10.1 Å². The lowest BCUT2D eigenvalue weighted by Gasteiger charge is -2.09. The standard InChI is InChI=1S/C15H24ClNOS/c1-12(2)6-9-19-14-5-4-13(15(16)10-14)11-17-7-8-18-3/h4-5,10,12,17H,6-9,11H2,1-3H3. The zero-order valence-electron chi connectivity index (χ0n) is 12.0. The summed E-state index contributed by atoms with van der Waals surface area (Å²) < 4.78 is 4.99. The van der Waals surface area contributed by atoms with Crippen molar-refractivity contribution in [2.45, 2.75) is 31.7 Å². The van der Waals surface area contributed by atoms with Crippen LogP contribution in [0.5, 0.6) is 0 Å². The van der Waals surface area contributed by atoms with Gasteiger partial charge >= 0.3 is 0 Å². The van der Waals surface area contributed by atoms with E-state index in [1.165, 1.54) is 11.3 Å². The highest BCUT2D eigenvalue weighted by atomic mass is 35.5. The maximum absolute atomic E-state index is 6.30. The molecule has 0 aromatic heterocycles. The molecule has 2 nitrogen and oxygen atoms in total. The second-order valence-corrected chi connectivity index (χ2v) is 6.53. The first-order valence-electron chi connectivity index (χ1n) is 6.74. The van der Waals surface area contributed by atoms with Gasteiger partial charge in [-0.15, -0.1) is 11.8 Å². The Balaban J connectivity index is 2.40. The van der Waals surface area contributed by atoms with Crippen LogP contribution in [0, 0.1) is 5.92 Å². The smallest absolute Gasteiger partial charge is 0.0587 e. The van der Waals surface area contributed by atoms with E-state index in [4.69, 9.17) is 16.3 Å². The minimum atomic E-state index is 0.723. The molecule has 0 saturated carbocycles. The molecule has 1 aromatic rings. The quantitative estimate of drug-likeness (QED) is 0.545. The number of methoxy groups -OCH3 is 1. The Hall–Kier alpha value is -0.220. The summed E-state index contributed by atoms with van der Waals surface area (Å²) in [5.74, 6) is 1.91. The van der Waals surface area contributed by atoms with Crippen molar-refractivity contribution in [2.24, 2.45) is 5.92 Å². The first-order valence-corrected chi connectivity index (χ1v) is 8.10. The molecule has 1 aromatic carbocycles. The lowest BCUT2D eigenvalue weighted by molar-refractivity contribution is 0.199. The van der Waals surface area contributed by atoms with Crippen LogP contribution >= 0.6 is 23.4 Å². The van der Waals surface area contributed by atoms with Gasteiger partial charge in [-0.05, 0) is 35.8 Å². The second kappa shape index (κ2) is 9.65. The van der Waals surface area contributed by atoms with E-state index in [1.54, 1.807) is 7.11 Å². The lowest BCUT2D eigenvalue weighted by Crippen LogP contribution is -2.18. The topological polar surface area (TPSA) is 21.3 Å². The predicted molar refractivity (Wildman–Crippen MR) is 85.2 cm³/mol. The highest BCUT2D eigenvalue weighted by Crippen LogP contribution is 2.26. The Bertz CT molecular complexity index is 371. The molecule has 0 unspecified atom stereocenters. The van der Waals surface area contributed by atoms with E-state index >= 15 is 0 Å². The van der Waals surface area contributed by atoms with Gasteiger partial charge in [-0.3, -0.25) is 0 Å². The van der Waals surface area contributed by atoms with Crippen molar-refractivity contribution < 1.29 is 4.74 Å². The molecule has 108 valence electrons. The molecule has 0 atom stereocenters. The van der Waals surface area contributed by atoms with Gasteiger partial charge in [0.05, 0.1) is 6.61 Å². The minimum absolute atomic E-state index is 0.723. The molecular weight excluding hydrogens is 278 g/mol. The van der Waals surface area contributed by atoms with Crippen LogP contribution in [0.15, 0.2) is 23.1 Å². The number of hydrogen-bond donors (Lipinski definition) is 1. The van der Waals surface area contributed by atoms with E-state index < -0.39 is 0 Å². The third-order valence-corrected chi connectivity index (χ3v) is 4.17. The number of benzene rings is 1. The Morgan fingerprint density at radius 2 is 2.16 bits per heavy atom. The predicted octanol–water partition coefficient (Wildman–Crippen LogP) is 4.21. The van der Waals surface area contributed by atoms with E-state index in [-0.39, 0.29) is 0 Å². The van der Waals surface area contributed by atoms with Crippen LogP contribution in [-0.2, 0) is 11.3 Å². The molecule has 0 aliphatic heterocycles. The largest absolute Gasteiger partial charge is 0.383 e. The maximum Gasteiger partial charge on any atom is 0.0587 e. The van der Waals surface area contributed by atoms with Crippen molar-refractivity contribution in [3.8, 4) is 0 Å². The Morgan fingerprint density at radius 3 is 2.79 bits per heavy atom. The first kappa shape index (κ1) is 16.8. The number of halogens is 1. The summed E-state index contributed by atoms with van der Waals surface area (Å²) in [5.41, 5.74) is 1.14. The lowest BCUT2D eigenvalue weighted by atomic mass is 10.2. The zero-order valence-corrected chi connectivity index (χ0v) is 13.6. The van der Waals surface area contributed by atoms with E-state index in [9.17, 15) is 0 Å². The molecule has 0 fully saturated rings. The zero-order chi connectivity index (χ0) is 14.1. The van der Waals surface area contributed by atoms with Gasteiger partial charge in [0.25, 0.3) is 0 Å². The van der Waals surface area contributed by atoms with Crippen LogP contribution in [0.1, 0.15) is 25.8 Å². The van der Waals surface area contributed by atoms with E-state index in [0.717, 1.165) is 42.0 Å². The summed E-state index contributed by atoms with van der Waals surface area (Å²) in [6.45, 7) is 6.86. The number of thioether (sulfide) groups is 1. The van der Waals surface area contributed by atoms with Gasteiger partial charge in [0.2, 0.25) is 0 Å². The van der Waals surface area contributed by atoms with Gasteiger partial charge in [0.1, 0.15) is 0 Å². The van der Waals surface area contributed by atoms with Crippen LogP contribution in [0.2, 0.25) is 5.02 Å². The maximum atomic E-state index is 6.30. The fourth-order valence-electron chi connectivity index (χ4n) is 1.57. The average Bonchev–Trinajstić information content (AvgIpc) is 2.36. The van der Waals surface area contributed by atoms with Gasteiger partial charge in [-0.25, -0.2) is 0 Å². The van der Waals surface area contributed by atoms with Crippen LogP contribution in [-0.4, -0.2) is 26.0 Å². The Morgan fingerprint density at radius 1 is 1.37 bits per heavy atom. The van der Waals surface area contributed by atoms with Crippen LogP contribution < -0.4 is 5.32 Å². The number of hydrogen-bond acceptors (Lipinski definition) is 3. The van der Waals surface area contributed by atoms with Gasteiger partial charge in [-0.2, -0.15) is 0 Å². The molecule has 0 amide bonds. The molecule has 0 saturated heterocycles. The molecule has 0 radical (unpaired) electrons. The Labute approximate surface area is 126 Å². The summed E-state index contributed by atoms with van der Waals surface area (Å²) in [4.78, 5) is 1.26. The van der Waals surface area contributed by atoms with Gasteiger partial charge in [0, 0.05) is 30.1 Å². The average molecular weight is 302 g/mol. The second-order valence-electron chi connectivity index (χ2n) is 4.95. The fourth-order valence-corrected chi connectivity index (χ4v) is 3.07. The van der Waals surface area contributed by atoms with Crippen molar-refractivity contribution in [2.75, 3.05) is 26.0 Å². The number of ether oxygens (including phenoxy) is 1. The highest BCUT2D eigenvalue weighted by molar-refractivity contribution is 7.99. The number of rotatable bonds is 9. The van der Waals surface area contributed by atoms with Crippen molar-refractivity contribution in [3.05, 3.63) is 28.8 Å². The molecule has 4 heteroatoms. The summed E-state index contributed by atoms with van der Waals surface area (Å²) in [5, 5.41) is 4.15. The molecule has 1 rings (SSSR count). The normalized spacial score (nSPS) is 11.2. The van der Waals surface area contributed by atoms with Gasteiger partial charge in [-0.1, -0.05) is 31.5 Å². The SMILES string of the molecule is COCCNCc1ccc(SCCC(C)C)cc1Cl. The molecule has 1 N–H and O–H groups in total. The fraction of sp³-hybridized carbons (Fsp3) is 0.600. The van der Waals surface area contributed by atoms with Crippen molar-refractivity contribution in [3.63, 3.8) is 0 Å². The van der Waals surface area contributed by atoms with Crippen LogP contribution in [0.3, 0.4) is 0 Å². The molecule has 19 heavy (non-hydrogen) atoms. The third-order valence-electron chi connectivity index (χ3n) is 2.79. The molecule has 0 spiro atoms. The third kappa shape index (κ3) is 7.21. The van der Waals surface area contributed by atoms with Crippen molar-refractivity contribution >= 4 is 23.4 Å². The summed E-state index contributed by atoms with van der Waals surface area (Å²) in [6, 6.07) is 6.34. The molecule has 0 heterocycles. The summed E-state index contributed by atoms with van der Waals surface area (Å²) in [6.07, 6.45) is 1.24. The Kier molecular flexibility index (Phi) is 8.55. The summed E-state index contributed by atoms with van der Waals surface area (Å²) in [7, 11) is 1.71.